The summed E-state index contributed by atoms with van der Waals surface area (Å²) in [6.45, 7) is 7.42. The first kappa shape index (κ1) is 20.3. The topological polar surface area (TPSA) is 17.8 Å². The maximum atomic E-state index is 5.20. The van der Waals surface area contributed by atoms with Gasteiger partial charge in [-0.05, 0) is 60.7 Å². The van der Waals surface area contributed by atoms with E-state index < -0.39 is 0 Å². The van der Waals surface area contributed by atoms with E-state index in [9.17, 15) is 0 Å². The summed E-state index contributed by atoms with van der Waals surface area (Å²) in [5, 5.41) is 0. The van der Waals surface area contributed by atoms with Crippen molar-refractivity contribution in [3.8, 4) is 0 Å². The Morgan fingerprint density at radius 1 is 0.688 bits per heavy atom. The van der Waals surface area contributed by atoms with Crippen LogP contribution < -0.4 is 0 Å². The smallest absolute Gasteiger partial charge is 0.122 e. The molecule has 5 rings (SSSR count). The summed E-state index contributed by atoms with van der Waals surface area (Å²) in [6, 6.07) is 34.5. The Bertz CT molecular complexity index is 1300. The number of imidazole rings is 1. The van der Waals surface area contributed by atoms with Crippen molar-refractivity contribution >= 4 is 11.0 Å². The lowest BCUT2D eigenvalue weighted by molar-refractivity contribution is 0.718. The Morgan fingerprint density at radius 3 is 1.81 bits per heavy atom. The lowest BCUT2D eigenvalue weighted by Crippen LogP contribution is -2.14. The first-order chi connectivity index (χ1) is 15.6. The molecule has 0 N–H and O–H groups in total. The number of hydrogen-bond acceptors (Lipinski definition) is 1. The highest BCUT2D eigenvalue weighted by atomic mass is 15.1. The Morgan fingerprint density at radius 2 is 1.22 bits per heavy atom. The molecule has 0 atom stereocenters. The first-order valence-corrected chi connectivity index (χ1v) is 11.2. The van der Waals surface area contributed by atoms with E-state index in [-0.39, 0.29) is 5.92 Å². The molecule has 32 heavy (non-hydrogen) atoms. The van der Waals surface area contributed by atoms with E-state index in [1.54, 1.807) is 0 Å². The molecule has 0 spiro atoms. The zero-order chi connectivity index (χ0) is 22.1. The van der Waals surface area contributed by atoms with Gasteiger partial charge < -0.3 is 4.57 Å². The Hall–Kier alpha value is -3.65. The number of nitrogens with zero attached hydrogens (tertiary/aromatic N) is 2. The van der Waals surface area contributed by atoms with Gasteiger partial charge in [-0.3, -0.25) is 0 Å². The fraction of sp³-hybridized carbons (Fsp3) is 0.167. The number of benzene rings is 4. The second kappa shape index (κ2) is 8.47. The number of aromatic nitrogens is 2. The van der Waals surface area contributed by atoms with Crippen molar-refractivity contribution in [2.24, 2.45) is 0 Å². The van der Waals surface area contributed by atoms with Gasteiger partial charge in [-0.1, -0.05) is 90.5 Å². The number of aryl methyl sites for hydroxylation is 3. The van der Waals surface area contributed by atoms with Gasteiger partial charge in [0.2, 0.25) is 0 Å². The lowest BCUT2D eigenvalue weighted by Gasteiger charge is -2.21. The predicted molar refractivity (Wildman–Crippen MR) is 133 cm³/mol. The van der Waals surface area contributed by atoms with Gasteiger partial charge in [0, 0.05) is 6.54 Å². The molecule has 0 amide bonds. The molecular formula is C30H28N2. The number of rotatable bonds is 5. The lowest BCUT2D eigenvalue weighted by atomic mass is 9.90. The van der Waals surface area contributed by atoms with E-state index in [0.29, 0.717) is 0 Å². The number of hydrogen-bond donors (Lipinski definition) is 0. The monoisotopic (exact) mass is 416 g/mol. The van der Waals surface area contributed by atoms with Gasteiger partial charge in [0.15, 0.2) is 0 Å². The quantitative estimate of drug-likeness (QED) is 0.296. The third kappa shape index (κ3) is 3.73. The normalized spacial score (nSPS) is 11.4. The summed E-state index contributed by atoms with van der Waals surface area (Å²) in [7, 11) is 0. The molecule has 2 nitrogen and oxygen atoms in total. The summed E-state index contributed by atoms with van der Waals surface area (Å²) >= 11 is 0. The second-order valence-electron chi connectivity index (χ2n) is 8.68. The zero-order valence-corrected chi connectivity index (χ0v) is 18.9. The molecule has 0 aliphatic rings. The third-order valence-corrected chi connectivity index (χ3v) is 6.36. The van der Waals surface area contributed by atoms with Gasteiger partial charge in [-0.2, -0.15) is 0 Å². The molecule has 2 heteroatoms. The van der Waals surface area contributed by atoms with Crippen molar-refractivity contribution in [3.63, 3.8) is 0 Å². The molecule has 0 saturated carbocycles. The van der Waals surface area contributed by atoms with E-state index in [1.165, 1.54) is 38.9 Å². The minimum absolute atomic E-state index is 0.0656. The van der Waals surface area contributed by atoms with Gasteiger partial charge in [-0.15, -0.1) is 0 Å². The van der Waals surface area contributed by atoms with Crippen molar-refractivity contribution in [1.82, 2.24) is 9.55 Å². The highest BCUT2D eigenvalue weighted by Crippen LogP contribution is 2.34. The zero-order valence-electron chi connectivity index (χ0n) is 18.9. The standard InChI is InChI=1S/C30H28N2/c1-21-18-22(2)26(23(3)19-21)20-32-28-17-11-10-16-27(28)31-30(32)29(24-12-6-4-7-13-24)25-14-8-5-9-15-25/h4-19,29H,20H2,1-3H3. The van der Waals surface area contributed by atoms with Crippen LogP contribution in [0.2, 0.25) is 0 Å². The molecule has 4 aromatic carbocycles. The van der Waals surface area contributed by atoms with Gasteiger partial charge in [0.05, 0.1) is 17.0 Å². The van der Waals surface area contributed by atoms with Gasteiger partial charge >= 0.3 is 0 Å². The fourth-order valence-electron chi connectivity index (χ4n) is 4.88. The minimum atomic E-state index is 0.0656. The highest BCUT2D eigenvalue weighted by Gasteiger charge is 2.24. The molecule has 1 heterocycles. The molecular weight excluding hydrogens is 388 g/mol. The maximum Gasteiger partial charge on any atom is 0.122 e. The van der Waals surface area contributed by atoms with Crippen molar-refractivity contribution in [3.05, 3.63) is 136 Å². The van der Waals surface area contributed by atoms with Crippen LogP contribution in [-0.2, 0) is 6.54 Å². The van der Waals surface area contributed by atoms with Crippen LogP contribution in [-0.4, -0.2) is 9.55 Å². The Kier molecular flexibility index (Phi) is 5.36. The third-order valence-electron chi connectivity index (χ3n) is 6.36. The summed E-state index contributed by atoms with van der Waals surface area (Å²) in [5.74, 6) is 1.15. The van der Waals surface area contributed by atoms with Crippen LogP contribution in [0.5, 0.6) is 0 Å². The largest absolute Gasteiger partial charge is 0.323 e. The number of fused-ring (bicyclic) bond motifs is 1. The van der Waals surface area contributed by atoms with E-state index in [1.807, 2.05) is 0 Å². The van der Waals surface area contributed by atoms with E-state index >= 15 is 0 Å². The van der Waals surface area contributed by atoms with Crippen LogP contribution in [0.4, 0.5) is 0 Å². The molecule has 0 radical (unpaired) electrons. The van der Waals surface area contributed by atoms with E-state index in [2.05, 4.69) is 122 Å². The Balaban J connectivity index is 1.75. The van der Waals surface area contributed by atoms with Crippen molar-refractivity contribution < 1.29 is 0 Å². The average molecular weight is 417 g/mol. The first-order valence-electron chi connectivity index (χ1n) is 11.2. The van der Waals surface area contributed by atoms with Crippen LogP contribution >= 0.6 is 0 Å². The fourth-order valence-corrected chi connectivity index (χ4v) is 4.88. The highest BCUT2D eigenvalue weighted by molar-refractivity contribution is 5.76. The maximum absolute atomic E-state index is 5.20. The molecule has 5 aromatic rings. The van der Waals surface area contributed by atoms with Crippen LogP contribution in [0, 0.1) is 20.8 Å². The van der Waals surface area contributed by atoms with Gasteiger partial charge in [-0.25, -0.2) is 4.98 Å². The van der Waals surface area contributed by atoms with Crippen LogP contribution in [0.15, 0.2) is 97.1 Å². The molecule has 158 valence electrons. The molecule has 0 aliphatic carbocycles. The molecule has 0 bridgehead atoms. The van der Waals surface area contributed by atoms with Gasteiger partial charge in [0.25, 0.3) is 0 Å². The van der Waals surface area contributed by atoms with E-state index in [0.717, 1.165) is 17.9 Å². The molecule has 1 aromatic heterocycles. The van der Waals surface area contributed by atoms with Crippen molar-refractivity contribution in [1.29, 1.82) is 0 Å². The molecule has 0 unspecified atom stereocenters. The molecule has 0 saturated heterocycles. The van der Waals surface area contributed by atoms with Crippen LogP contribution in [0.3, 0.4) is 0 Å². The summed E-state index contributed by atoms with van der Waals surface area (Å²) in [5.41, 5.74) is 10.1. The van der Waals surface area contributed by atoms with Crippen LogP contribution in [0.25, 0.3) is 11.0 Å². The number of para-hydroxylation sites is 2. The minimum Gasteiger partial charge on any atom is -0.323 e. The Labute approximate surface area is 190 Å². The summed E-state index contributed by atoms with van der Waals surface area (Å²) < 4.78 is 2.42. The summed E-state index contributed by atoms with van der Waals surface area (Å²) in [4.78, 5) is 5.20. The average Bonchev–Trinajstić information content (AvgIpc) is 3.16. The van der Waals surface area contributed by atoms with Crippen molar-refractivity contribution in [2.45, 2.75) is 33.2 Å². The molecule has 0 fully saturated rings. The second-order valence-corrected chi connectivity index (χ2v) is 8.68. The van der Waals surface area contributed by atoms with Crippen LogP contribution in [0.1, 0.15) is 45.1 Å². The predicted octanol–water partition coefficient (Wildman–Crippen LogP) is 7.19. The molecule has 0 aliphatic heterocycles. The van der Waals surface area contributed by atoms with Gasteiger partial charge in [0.1, 0.15) is 5.82 Å². The van der Waals surface area contributed by atoms with Crippen molar-refractivity contribution in [2.75, 3.05) is 0 Å². The summed E-state index contributed by atoms with van der Waals surface area (Å²) in [6.07, 6.45) is 0. The SMILES string of the molecule is Cc1cc(C)c(Cn2c(C(c3ccccc3)c3ccccc3)nc3ccccc32)c(C)c1. The van der Waals surface area contributed by atoms with E-state index in [4.69, 9.17) is 4.98 Å².